The quantitative estimate of drug-likeness (QED) is 0.173. The van der Waals surface area contributed by atoms with Crippen LogP contribution < -0.4 is 14.4 Å². The van der Waals surface area contributed by atoms with Gasteiger partial charge in [-0.15, -0.1) is 6.58 Å². The number of ether oxygens (including phenoxy) is 2. The fourth-order valence-corrected chi connectivity index (χ4v) is 6.34. The van der Waals surface area contributed by atoms with Gasteiger partial charge in [0.05, 0.1) is 17.7 Å². The molecule has 0 bridgehead atoms. The Balaban J connectivity index is 1.38. The third-order valence-electron chi connectivity index (χ3n) is 7.33. The average molecular weight is 602 g/mol. The summed E-state index contributed by atoms with van der Waals surface area (Å²) < 4.78 is 11.9. The number of allylic oxidation sites excluding steroid dienone is 1. The number of likely N-dealkylation sites (N-methyl/N-ethyl adjacent to an activating group) is 1. The highest BCUT2D eigenvalue weighted by Crippen LogP contribution is 2.38. The highest BCUT2D eigenvalue weighted by Gasteiger charge is 2.32. The molecule has 0 atom stereocenters. The molecule has 2 fully saturated rings. The number of aliphatic imine (C=N–C) groups is 1. The van der Waals surface area contributed by atoms with E-state index < -0.39 is 0 Å². The Bertz CT molecular complexity index is 1480. The Morgan fingerprint density at radius 2 is 1.79 bits per heavy atom. The summed E-state index contributed by atoms with van der Waals surface area (Å²) in [7, 11) is 1.62. The Hall–Kier alpha value is -3.68. The Kier molecular flexibility index (Phi) is 9.93. The van der Waals surface area contributed by atoms with Crippen LogP contribution in [0.25, 0.3) is 6.08 Å². The first-order valence-electron chi connectivity index (χ1n) is 14.3. The van der Waals surface area contributed by atoms with Crippen molar-refractivity contribution >= 4 is 51.9 Å². The molecule has 2 aliphatic heterocycles. The molecule has 5 rings (SSSR count). The summed E-state index contributed by atoms with van der Waals surface area (Å²) in [6, 6.07) is 19.8. The third-order valence-corrected chi connectivity index (χ3v) is 8.59. The molecule has 0 aromatic heterocycles. The lowest BCUT2D eigenvalue weighted by atomic mass is 10.0. The van der Waals surface area contributed by atoms with Gasteiger partial charge in [-0.25, -0.2) is 4.99 Å². The smallest absolute Gasteiger partial charge is 0.266 e. The number of amidine groups is 1. The van der Waals surface area contributed by atoms with E-state index in [4.69, 9.17) is 26.1 Å². The van der Waals surface area contributed by atoms with Crippen molar-refractivity contribution in [3.05, 3.63) is 99.9 Å². The van der Waals surface area contributed by atoms with Crippen molar-refractivity contribution in [3.8, 4) is 11.5 Å². The van der Waals surface area contributed by atoms with Gasteiger partial charge in [-0.2, -0.15) is 0 Å². The van der Waals surface area contributed by atoms with Crippen LogP contribution >= 0.6 is 23.4 Å². The van der Waals surface area contributed by atoms with E-state index in [1.807, 2.05) is 67.6 Å². The predicted molar refractivity (Wildman–Crippen MR) is 175 cm³/mol. The monoisotopic (exact) mass is 601 g/mol. The molecule has 0 saturated carbocycles. The number of halogens is 1. The normalized spacial score (nSPS) is 17.3. The summed E-state index contributed by atoms with van der Waals surface area (Å²) in [5, 5.41) is 1.36. The fraction of sp³-hybridized carbons (Fsp3) is 0.294. The van der Waals surface area contributed by atoms with Gasteiger partial charge in [0.2, 0.25) is 0 Å². The number of benzene rings is 3. The van der Waals surface area contributed by atoms with Crippen LogP contribution in [0.2, 0.25) is 5.02 Å². The van der Waals surface area contributed by atoms with Gasteiger partial charge in [0.15, 0.2) is 16.7 Å². The van der Waals surface area contributed by atoms with E-state index in [2.05, 4.69) is 23.6 Å². The molecule has 8 heteroatoms. The molecule has 0 unspecified atom stereocenters. The van der Waals surface area contributed by atoms with Crippen LogP contribution in [-0.4, -0.2) is 42.7 Å². The standard InChI is InChI=1S/C34H36ClN3O3S/c1-4-9-26-20-25(21-30(40-3)32(26)41-23-24-10-12-27(35)13-11-24)22-31-33(39)38(5-2)34(42-31)36-28-14-16-29(17-15-28)37-18-7-6-8-19-37/h4,10-17,20-22H,1,5-9,18-19,23H2,2-3H3/b31-22-,36-34?. The molecule has 6 nitrogen and oxygen atoms in total. The summed E-state index contributed by atoms with van der Waals surface area (Å²) in [6.07, 6.45) is 8.10. The van der Waals surface area contributed by atoms with Crippen LogP contribution in [-0.2, 0) is 17.8 Å². The number of carbonyl (C=O) groups excluding carboxylic acids is 1. The number of methoxy groups -OCH3 is 1. The minimum atomic E-state index is -0.0570. The number of piperidine rings is 1. The minimum absolute atomic E-state index is 0.0570. The minimum Gasteiger partial charge on any atom is -0.493 e. The number of carbonyl (C=O) groups is 1. The van der Waals surface area contributed by atoms with Crippen molar-refractivity contribution in [3.63, 3.8) is 0 Å². The molecule has 3 aromatic rings. The maximum Gasteiger partial charge on any atom is 0.266 e. The number of rotatable bonds is 10. The molecule has 218 valence electrons. The van der Waals surface area contributed by atoms with Crippen molar-refractivity contribution in [1.29, 1.82) is 0 Å². The summed E-state index contributed by atoms with van der Waals surface area (Å²) in [5.74, 6) is 1.20. The van der Waals surface area contributed by atoms with E-state index in [-0.39, 0.29) is 5.91 Å². The molecule has 3 aromatic carbocycles. The zero-order valence-corrected chi connectivity index (χ0v) is 25.7. The number of hydrogen-bond donors (Lipinski definition) is 0. The van der Waals surface area contributed by atoms with Crippen molar-refractivity contribution < 1.29 is 14.3 Å². The molecule has 2 saturated heterocycles. The largest absolute Gasteiger partial charge is 0.493 e. The highest BCUT2D eigenvalue weighted by molar-refractivity contribution is 8.18. The predicted octanol–water partition coefficient (Wildman–Crippen LogP) is 8.27. The van der Waals surface area contributed by atoms with Gasteiger partial charge >= 0.3 is 0 Å². The molecule has 42 heavy (non-hydrogen) atoms. The molecule has 0 spiro atoms. The first-order valence-corrected chi connectivity index (χ1v) is 15.5. The topological polar surface area (TPSA) is 54.4 Å². The van der Waals surface area contributed by atoms with Crippen molar-refractivity contribution in [2.75, 3.05) is 31.6 Å². The number of hydrogen-bond acceptors (Lipinski definition) is 6. The summed E-state index contributed by atoms with van der Waals surface area (Å²) in [4.78, 5) is 23.0. The summed E-state index contributed by atoms with van der Waals surface area (Å²) in [5.41, 5.74) is 4.84. The molecule has 1 amide bonds. The maximum atomic E-state index is 13.4. The lowest BCUT2D eigenvalue weighted by Crippen LogP contribution is -2.29. The SMILES string of the molecule is C=CCc1cc(/C=C2\SC(=Nc3ccc(N4CCCCC4)cc3)N(CC)C2=O)cc(OC)c1OCc1ccc(Cl)cc1. The van der Waals surface area contributed by atoms with Gasteiger partial charge in [0.25, 0.3) is 5.91 Å². The second-order valence-corrected chi connectivity index (χ2v) is 11.7. The van der Waals surface area contributed by atoms with E-state index >= 15 is 0 Å². The lowest BCUT2D eigenvalue weighted by molar-refractivity contribution is -0.122. The number of anilines is 1. The van der Waals surface area contributed by atoms with E-state index in [0.29, 0.717) is 46.2 Å². The Morgan fingerprint density at radius 3 is 2.45 bits per heavy atom. The molecule has 0 aliphatic carbocycles. The maximum absolute atomic E-state index is 13.4. The molecular formula is C34H36ClN3O3S. The zero-order valence-electron chi connectivity index (χ0n) is 24.1. The van der Waals surface area contributed by atoms with Crippen LogP contribution in [0.3, 0.4) is 0 Å². The summed E-state index contributed by atoms with van der Waals surface area (Å²) in [6.45, 7) is 9.00. The highest BCUT2D eigenvalue weighted by atomic mass is 35.5. The second-order valence-electron chi connectivity index (χ2n) is 10.2. The second kappa shape index (κ2) is 14.0. The van der Waals surface area contributed by atoms with Crippen LogP contribution in [0, 0.1) is 0 Å². The van der Waals surface area contributed by atoms with E-state index in [1.54, 1.807) is 12.0 Å². The van der Waals surface area contributed by atoms with Crippen LogP contribution in [0.15, 0.2) is 83.2 Å². The first-order chi connectivity index (χ1) is 20.5. The Labute approximate surface area is 257 Å². The molecule has 0 N–H and O–H groups in total. The number of thioether (sulfide) groups is 1. The van der Waals surface area contributed by atoms with Crippen LogP contribution in [0.1, 0.15) is 42.9 Å². The number of nitrogens with zero attached hydrogens (tertiary/aromatic N) is 3. The van der Waals surface area contributed by atoms with E-state index in [9.17, 15) is 4.79 Å². The van der Waals surface area contributed by atoms with Gasteiger partial charge < -0.3 is 14.4 Å². The van der Waals surface area contributed by atoms with E-state index in [0.717, 1.165) is 35.5 Å². The zero-order chi connectivity index (χ0) is 29.5. The fourth-order valence-electron chi connectivity index (χ4n) is 5.15. The Morgan fingerprint density at radius 1 is 1.05 bits per heavy atom. The van der Waals surface area contributed by atoms with Gasteiger partial charge in [-0.1, -0.05) is 29.8 Å². The molecule has 2 heterocycles. The average Bonchev–Trinajstić information content (AvgIpc) is 3.31. The van der Waals surface area contributed by atoms with E-state index in [1.165, 1.54) is 36.7 Å². The molecule has 2 aliphatic rings. The number of amides is 1. The lowest BCUT2D eigenvalue weighted by Gasteiger charge is -2.28. The van der Waals surface area contributed by atoms with Crippen molar-refractivity contribution in [2.24, 2.45) is 4.99 Å². The van der Waals surface area contributed by atoms with Crippen LogP contribution in [0.5, 0.6) is 11.5 Å². The summed E-state index contributed by atoms with van der Waals surface area (Å²) >= 11 is 7.42. The third kappa shape index (κ3) is 7.02. The first kappa shape index (κ1) is 29.8. The van der Waals surface area contributed by atoms with Crippen molar-refractivity contribution in [1.82, 2.24) is 4.90 Å². The van der Waals surface area contributed by atoms with Crippen molar-refractivity contribution in [2.45, 2.75) is 39.2 Å². The molecular weight excluding hydrogens is 566 g/mol. The van der Waals surface area contributed by atoms with Gasteiger partial charge in [-0.05, 0) is 110 Å². The van der Waals surface area contributed by atoms with Gasteiger partial charge in [0, 0.05) is 35.9 Å². The molecule has 0 radical (unpaired) electrons. The van der Waals surface area contributed by atoms with Gasteiger partial charge in [0.1, 0.15) is 6.61 Å². The van der Waals surface area contributed by atoms with Crippen LogP contribution in [0.4, 0.5) is 11.4 Å². The van der Waals surface area contributed by atoms with Gasteiger partial charge in [-0.3, -0.25) is 9.69 Å².